The number of aliphatic hydroxyl groups is 3. The van der Waals surface area contributed by atoms with Crippen molar-refractivity contribution in [1.29, 1.82) is 0 Å². The Hall–Kier alpha value is -2.60. The van der Waals surface area contributed by atoms with Gasteiger partial charge in [0.1, 0.15) is 11.9 Å². The van der Waals surface area contributed by atoms with Crippen molar-refractivity contribution in [3.8, 4) is 0 Å². The van der Waals surface area contributed by atoms with Gasteiger partial charge in [-0.3, -0.25) is 19.2 Å². The van der Waals surface area contributed by atoms with Crippen molar-refractivity contribution in [3.63, 3.8) is 0 Å². The van der Waals surface area contributed by atoms with Crippen LogP contribution in [0, 0.1) is 39.4 Å². The average Bonchev–Trinajstić information content (AvgIpc) is 3.50. The van der Waals surface area contributed by atoms with Crippen molar-refractivity contribution in [3.05, 3.63) is 24.2 Å². The summed E-state index contributed by atoms with van der Waals surface area (Å²) in [5.74, 6) is -5.30. The van der Waals surface area contributed by atoms with E-state index in [2.05, 4.69) is 0 Å². The van der Waals surface area contributed by atoms with Crippen molar-refractivity contribution in [2.24, 2.45) is 39.4 Å². The molecule has 5 aliphatic rings. The maximum absolute atomic E-state index is 14.9. The summed E-state index contributed by atoms with van der Waals surface area (Å²) in [6.07, 6.45) is -3.16. The summed E-state index contributed by atoms with van der Waals surface area (Å²) in [5, 5.41) is 35.1. The van der Waals surface area contributed by atoms with Crippen LogP contribution in [0.15, 0.2) is 23.0 Å². The van der Waals surface area contributed by atoms with Crippen LogP contribution in [0.1, 0.15) is 65.4 Å². The first kappa shape index (κ1) is 28.5. The zero-order valence-electron chi connectivity index (χ0n) is 23.9. The number of esters is 2. The van der Waals surface area contributed by atoms with Gasteiger partial charge >= 0.3 is 11.9 Å². The summed E-state index contributed by atoms with van der Waals surface area (Å²) >= 11 is 0. The Morgan fingerprint density at radius 3 is 2.22 bits per heavy atom. The molecule has 1 aliphatic heterocycles. The lowest BCUT2D eigenvalue weighted by molar-refractivity contribution is -0.371. The highest BCUT2D eigenvalue weighted by Crippen LogP contribution is 2.75. The third kappa shape index (κ3) is 3.34. The fourth-order valence-corrected chi connectivity index (χ4v) is 10.3. The van der Waals surface area contributed by atoms with E-state index in [4.69, 9.17) is 18.6 Å². The topological polar surface area (TPSA) is 170 Å². The number of aliphatic hydroxyl groups excluding tert-OH is 3. The van der Waals surface area contributed by atoms with Gasteiger partial charge in [-0.1, -0.05) is 20.8 Å². The molecule has 1 aromatic rings. The standard InChI is InChI=1S/C30H38O11/c1-13(31)40-21-10-20(35)30-12-39-26(37)28(21,4)18(30)9-19(34)29(5)23-17(33)8-16(15-6-7-38-11-15)27(23,3)25(41-14(2)32)22(36)24(29)30/h6-7,11,16,18-21,23-26,34-35,37H,8-10,12H2,1-5H3/t16-,18-,19-,20-,21-,23?,24-,25-,26?,27-,28+,29-,30+/m0/s1. The molecule has 6 rings (SSSR count). The maximum atomic E-state index is 14.9. The Balaban J connectivity index is 1.57. The number of ketones is 2. The second kappa shape index (κ2) is 8.95. The van der Waals surface area contributed by atoms with E-state index >= 15 is 0 Å². The molecule has 13 atom stereocenters. The van der Waals surface area contributed by atoms with Gasteiger partial charge in [0, 0.05) is 60.7 Å². The Morgan fingerprint density at radius 2 is 1.61 bits per heavy atom. The average molecular weight is 575 g/mol. The third-order valence-electron chi connectivity index (χ3n) is 11.9. The van der Waals surface area contributed by atoms with Gasteiger partial charge in [0.05, 0.1) is 36.8 Å². The van der Waals surface area contributed by atoms with E-state index in [-0.39, 0.29) is 31.7 Å². The Kier molecular flexibility index (Phi) is 6.23. The predicted molar refractivity (Wildman–Crippen MR) is 138 cm³/mol. The van der Waals surface area contributed by atoms with Gasteiger partial charge in [-0.05, 0) is 24.0 Å². The molecule has 11 heteroatoms. The first-order valence-corrected chi connectivity index (χ1v) is 14.2. The van der Waals surface area contributed by atoms with Crippen molar-refractivity contribution in [1.82, 2.24) is 0 Å². The van der Waals surface area contributed by atoms with Crippen LogP contribution < -0.4 is 0 Å². The number of rotatable bonds is 3. The molecule has 4 aliphatic carbocycles. The molecule has 4 saturated carbocycles. The lowest BCUT2D eigenvalue weighted by atomic mass is 9.33. The van der Waals surface area contributed by atoms with Crippen LogP contribution in [0.3, 0.4) is 0 Å². The van der Waals surface area contributed by atoms with Gasteiger partial charge in [-0.15, -0.1) is 0 Å². The van der Waals surface area contributed by atoms with E-state index in [1.165, 1.54) is 26.4 Å². The molecule has 2 heterocycles. The van der Waals surface area contributed by atoms with E-state index in [0.29, 0.717) is 5.56 Å². The number of fused-ring (bicyclic) bond motifs is 3. The summed E-state index contributed by atoms with van der Waals surface area (Å²) in [6, 6.07) is 1.73. The zero-order valence-corrected chi connectivity index (χ0v) is 23.9. The monoisotopic (exact) mass is 574 g/mol. The molecule has 2 unspecified atom stereocenters. The first-order valence-electron chi connectivity index (χ1n) is 14.2. The number of furan rings is 1. The number of ether oxygens (including phenoxy) is 3. The lowest BCUT2D eigenvalue weighted by Gasteiger charge is -2.72. The van der Waals surface area contributed by atoms with Crippen LogP contribution in [0.5, 0.6) is 0 Å². The minimum absolute atomic E-state index is 0.0283. The quantitative estimate of drug-likeness (QED) is 0.447. The summed E-state index contributed by atoms with van der Waals surface area (Å²) < 4.78 is 22.6. The van der Waals surface area contributed by atoms with Crippen molar-refractivity contribution in [2.45, 2.75) is 90.5 Å². The second-order valence-corrected chi connectivity index (χ2v) is 13.6. The molecule has 1 saturated heterocycles. The van der Waals surface area contributed by atoms with E-state index in [9.17, 15) is 34.5 Å². The number of hydrogen-bond donors (Lipinski definition) is 3. The summed E-state index contributed by atoms with van der Waals surface area (Å²) in [5.41, 5.74) is -4.52. The van der Waals surface area contributed by atoms with E-state index in [1.807, 2.05) is 0 Å². The van der Waals surface area contributed by atoms with Crippen LogP contribution >= 0.6 is 0 Å². The molecule has 0 radical (unpaired) electrons. The summed E-state index contributed by atoms with van der Waals surface area (Å²) in [7, 11) is 0. The van der Waals surface area contributed by atoms with Crippen molar-refractivity contribution >= 4 is 23.5 Å². The molecule has 1 aromatic heterocycles. The van der Waals surface area contributed by atoms with Gasteiger partial charge in [-0.25, -0.2) is 0 Å². The van der Waals surface area contributed by atoms with Crippen LogP contribution in [-0.2, 0) is 33.4 Å². The normalized spacial score (nSPS) is 50.4. The molecule has 0 spiro atoms. The predicted octanol–water partition coefficient (Wildman–Crippen LogP) is 1.51. The SMILES string of the molecule is CC(=O)O[C@H]1C[C@H](O)[C@@]23COC(O)[C@]1(C)[C@@H]2C[C@H](O)[C@@]1(C)C2C(=O)C[C@@H](c4ccoc4)[C@]2(C)[C@@H](OC(C)=O)C(=O)[C@@H]13. The summed E-state index contributed by atoms with van der Waals surface area (Å²) in [4.78, 5) is 53.5. The fourth-order valence-electron chi connectivity index (χ4n) is 10.3. The lowest BCUT2D eigenvalue weighted by Crippen LogP contribution is -2.80. The third-order valence-corrected chi connectivity index (χ3v) is 11.9. The molecular formula is C30H38O11. The van der Waals surface area contributed by atoms with Crippen molar-refractivity contribution < 1.29 is 53.1 Å². The number of hydrogen-bond acceptors (Lipinski definition) is 11. The smallest absolute Gasteiger partial charge is 0.303 e. The largest absolute Gasteiger partial charge is 0.472 e. The van der Waals surface area contributed by atoms with Gasteiger partial charge in [0.25, 0.3) is 0 Å². The molecule has 2 bridgehead atoms. The molecule has 5 fully saturated rings. The molecule has 3 N–H and O–H groups in total. The van der Waals surface area contributed by atoms with Gasteiger partial charge < -0.3 is 33.9 Å². The van der Waals surface area contributed by atoms with E-state index in [1.54, 1.807) is 26.8 Å². The minimum Gasteiger partial charge on any atom is -0.472 e. The van der Waals surface area contributed by atoms with Crippen LogP contribution in [0.2, 0.25) is 0 Å². The molecular weight excluding hydrogens is 536 g/mol. The number of carbonyl (C=O) groups is 4. The minimum atomic E-state index is -1.40. The second-order valence-electron chi connectivity index (χ2n) is 13.6. The van der Waals surface area contributed by atoms with E-state index < -0.39 is 93.8 Å². The molecule has 11 nitrogen and oxygen atoms in total. The van der Waals surface area contributed by atoms with Gasteiger partial charge in [-0.2, -0.15) is 0 Å². The van der Waals surface area contributed by atoms with Crippen LogP contribution in [0.25, 0.3) is 0 Å². The maximum Gasteiger partial charge on any atom is 0.303 e. The number of Topliss-reactive ketones (excluding diaryl/α,β-unsaturated/α-hetero) is 2. The van der Waals surface area contributed by atoms with Crippen molar-refractivity contribution in [2.75, 3.05) is 6.61 Å². The molecule has 0 aromatic carbocycles. The number of carbonyl (C=O) groups excluding carboxylic acids is 4. The Labute approximate surface area is 237 Å². The zero-order chi connectivity index (χ0) is 29.9. The highest BCUT2D eigenvalue weighted by molar-refractivity contribution is 5.97. The Bertz CT molecular complexity index is 1290. The molecule has 0 amide bonds. The van der Waals surface area contributed by atoms with Crippen LogP contribution in [0.4, 0.5) is 0 Å². The van der Waals surface area contributed by atoms with Crippen LogP contribution in [-0.4, -0.2) is 76.1 Å². The van der Waals surface area contributed by atoms with Gasteiger partial charge in [0.2, 0.25) is 0 Å². The van der Waals surface area contributed by atoms with Gasteiger partial charge in [0.15, 0.2) is 18.2 Å². The fraction of sp³-hybridized carbons (Fsp3) is 0.733. The highest BCUT2D eigenvalue weighted by Gasteiger charge is 2.82. The molecule has 41 heavy (non-hydrogen) atoms. The first-order chi connectivity index (χ1) is 19.2. The molecule has 224 valence electrons. The summed E-state index contributed by atoms with van der Waals surface area (Å²) in [6.45, 7) is 7.39. The highest BCUT2D eigenvalue weighted by atomic mass is 16.6. The Morgan fingerprint density at radius 1 is 0.927 bits per heavy atom. The van der Waals surface area contributed by atoms with E-state index in [0.717, 1.165) is 0 Å².